The highest BCUT2D eigenvalue weighted by Gasteiger charge is 2.35. The Kier molecular flexibility index (Phi) is 5.14. The predicted octanol–water partition coefficient (Wildman–Crippen LogP) is 3.94. The van der Waals surface area contributed by atoms with E-state index in [-0.39, 0.29) is 18.2 Å². The van der Waals surface area contributed by atoms with E-state index in [2.05, 4.69) is 4.98 Å². The van der Waals surface area contributed by atoms with Crippen molar-refractivity contribution in [2.45, 2.75) is 32.3 Å². The summed E-state index contributed by atoms with van der Waals surface area (Å²) in [7, 11) is 0. The number of nitrogens with one attached hydrogen (secondary N) is 1. The highest BCUT2D eigenvalue weighted by Crippen LogP contribution is 2.34. The van der Waals surface area contributed by atoms with Gasteiger partial charge in [0.2, 0.25) is 0 Å². The van der Waals surface area contributed by atoms with Crippen molar-refractivity contribution in [3.05, 3.63) is 59.8 Å². The number of anilines is 1. The van der Waals surface area contributed by atoms with Crippen molar-refractivity contribution in [2.24, 2.45) is 0 Å². The number of ketones is 1. The number of H-pyrrole nitrogens is 1. The van der Waals surface area contributed by atoms with Gasteiger partial charge in [-0.15, -0.1) is 0 Å². The maximum atomic E-state index is 13.4. The molecule has 0 aliphatic carbocycles. The lowest BCUT2D eigenvalue weighted by atomic mass is 10.0. The van der Waals surface area contributed by atoms with Gasteiger partial charge < -0.3 is 19.5 Å². The van der Waals surface area contributed by atoms with E-state index in [1.165, 1.54) is 6.42 Å². The summed E-state index contributed by atoms with van der Waals surface area (Å²) in [5.41, 5.74) is 3.41. The molecule has 1 N–H and O–H groups in total. The number of nitrogens with zero attached hydrogens (tertiary/aromatic N) is 2. The van der Waals surface area contributed by atoms with Gasteiger partial charge in [0.1, 0.15) is 5.75 Å². The topological polar surface area (TPSA) is 65.6 Å². The van der Waals surface area contributed by atoms with Gasteiger partial charge >= 0.3 is 0 Å². The third-order valence-electron chi connectivity index (χ3n) is 6.31. The van der Waals surface area contributed by atoms with E-state index in [1.54, 1.807) is 0 Å². The molecule has 1 amide bonds. The number of para-hydroxylation sites is 3. The number of Topliss-reactive ketones (excluding diaryl/α,β-unsaturated/α-hetero) is 1. The maximum absolute atomic E-state index is 13.4. The molecule has 1 unspecified atom stereocenters. The lowest BCUT2D eigenvalue weighted by Gasteiger charge is -2.38. The molecule has 1 fully saturated rings. The molecule has 0 saturated carbocycles. The standard InChI is InChI=1S/C25H27N3O3/c1-17-24(18-9-3-4-10-19(18)26-17)21(29)15-28-16-23(25(30)27-13-7-2-8-14-27)31-22-12-6-5-11-20(22)28/h3-6,9-12,23,26H,2,7-8,13-16H2,1H3. The first-order valence-electron chi connectivity index (χ1n) is 11.0. The van der Waals surface area contributed by atoms with Crippen molar-refractivity contribution >= 4 is 28.3 Å². The molecule has 1 atom stereocenters. The van der Waals surface area contributed by atoms with Gasteiger partial charge in [-0.3, -0.25) is 9.59 Å². The minimum absolute atomic E-state index is 0.0231. The number of aryl methyl sites for hydroxylation is 1. The highest BCUT2D eigenvalue weighted by atomic mass is 16.5. The quantitative estimate of drug-likeness (QED) is 0.653. The van der Waals surface area contributed by atoms with E-state index in [4.69, 9.17) is 4.74 Å². The number of benzene rings is 2. The van der Waals surface area contributed by atoms with Crippen LogP contribution in [0.3, 0.4) is 0 Å². The Morgan fingerprint density at radius 2 is 1.77 bits per heavy atom. The normalized spacial score (nSPS) is 18.5. The van der Waals surface area contributed by atoms with Crippen LogP contribution in [0.2, 0.25) is 0 Å². The molecule has 0 radical (unpaired) electrons. The van der Waals surface area contributed by atoms with Crippen LogP contribution in [-0.4, -0.2) is 53.9 Å². The van der Waals surface area contributed by atoms with Crippen LogP contribution in [0.25, 0.3) is 10.9 Å². The fourth-order valence-corrected chi connectivity index (χ4v) is 4.79. The molecule has 2 aliphatic rings. The van der Waals surface area contributed by atoms with Crippen LogP contribution in [-0.2, 0) is 4.79 Å². The summed E-state index contributed by atoms with van der Waals surface area (Å²) in [4.78, 5) is 33.7. The zero-order valence-electron chi connectivity index (χ0n) is 17.8. The van der Waals surface area contributed by atoms with Gasteiger partial charge in [-0.2, -0.15) is 0 Å². The number of likely N-dealkylation sites (tertiary alicyclic amines) is 1. The molecule has 5 rings (SSSR count). The average molecular weight is 418 g/mol. The lowest BCUT2D eigenvalue weighted by molar-refractivity contribution is -0.139. The minimum Gasteiger partial charge on any atom is -0.477 e. The number of aromatic nitrogens is 1. The van der Waals surface area contributed by atoms with Gasteiger partial charge in [0.25, 0.3) is 5.91 Å². The van der Waals surface area contributed by atoms with Crippen LogP contribution in [0.1, 0.15) is 35.3 Å². The number of ether oxygens (including phenoxy) is 1. The fourth-order valence-electron chi connectivity index (χ4n) is 4.79. The smallest absolute Gasteiger partial charge is 0.265 e. The summed E-state index contributed by atoms with van der Waals surface area (Å²) in [6.07, 6.45) is 2.65. The van der Waals surface area contributed by atoms with E-state index in [0.29, 0.717) is 12.3 Å². The molecule has 31 heavy (non-hydrogen) atoms. The van der Waals surface area contributed by atoms with Crippen LogP contribution in [0.4, 0.5) is 5.69 Å². The molecule has 160 valence electrons. The molecule has 6 nitrogen and oxygen atoms in total. The predicted molar refractivity (Wildman–Crippen MR) is 121 cm³/mol. The van der Waals surface area contributed by atoms with Crippen LogP contribution >= 0.6 is 0 Å². The Bertz CT molecular complexity index is 1130. The van der Waals surface area contributed by atoms with E-state index in [0.717, 1.165) is 53.8 Å². The number of piperidine rings is 1. The summed E-state index contributed by atoms with van der Waals surface area (Å²) in [5, 5.41) is 0.937. The summed E-state index contributed by atoms with van der Waals surface area (Å²) >= 11 is 0. The van der Waals surface area contributed by atoms with Crippen molar-refractivity contribution in [2.75, 3.05) is 31.1 Å². The van der Waals surface area contributed by atoms with Gasteiger partial charge in [-0.25, -0.2) is 0 Å². The zero-order chi connectivity index (χ0) is 21.4. The molecule has 6 heteroatoms. The number of carbonyl (C=O) groups excluding carboxylic acids is 2. The Balaban J connectivity index is 1.42. The van der Waals surface area contributed by atoms with Crippen molar-refractivity contribution < 1.29 is 14.3 Å². The second-order valence-corrected chi connectivity index (χ2v) is 8.43. The minimum atomic E-state index is -0.593. The average Bonchev–Trinajstić information content (AvgIpc) is 3.14. The van der Waals surface area contributed by atoms with Gasteiger partial charge in [-0.05, 0) is 44.4 Å². The van der Waals surface area contributed by atoms with Crippen LogP contribution in [0.15, 0.2) is 48.5 Å². The molecule has 0 bridgehead atoms. The molecular formula is C25H27N3O3. The summed E-state index contributed by atoms with van der Waals surface area (Å²) in [5.74, 6) is 0.721. The summed E-state index contributed by atoms with van der Waals surface area (Å²) in [6.45, 7) is 4.08. The fraction of sp³-hybridized carbons (Fsp3) is 0.360. The van der Waals surface area contributed by atoms with Gasteiger partial charge in [0.15, 0.2) is 11.9 Å². The van der Waals surface area contributed by atoms with E-state index >= 15 is 0 Å². The SMILES string of the molecule is Cc1[nH]c2ccccc2c1C(=O)CN1CC(C(=O)N2CCCCC2)Oc2ccccc21. The molecule has 3 heterocycles. The number of aromatic amines is 1. The number of carbonyl (C=O) groups is 2. The number of hydrogen-bond acceptors (Lipinski definition) is 4. The number of hydrogen-bond donors (Lipinski definition) is 1. The van der Waals surface area contributed by atoms with Crippen LogP contribution in [0.5, 0.6) is 5.75 Å². The first kappa shape index (κ1) is 19.7. The number of fused-ring (bicyclic) bond motifs is 2. The molecule has 0 spiro atoms. The van der Waals surface area contributed by atoms with Crippen molar-refractivity contribution in [1.82, 2.24) is 9.88 Å². The largest absolute Gasteiger partial charge is 0.477 e. The van der Waals surface area contributed by atoms with Crippen LogP contribution in [0, 0.1) is 6.92 Å². The Morgan fingerprint density at radius 1 is 1.03 bits per heavy atom. The van der Waals surface area contributed by atoms with Crippen molar-refractivity contribution in [1.29, 1.82) is 0 Å². The Morgan fingerprint density at radius 3 is 2.61 bits per heavy atom. The second-order valence-electron chi connectivity index (χ2n) is 8.43. The maximum Gasteiger partial charge on any atom is 0.265 e. The lowest BCUT2D eigenvalue weighted by Crippen LogP contribution is -2.52. The highest BCUT2D eigenvalue weighted by molar-refractivity contribution is 6.11. The Hall–Kier alpha value is -3.28. The molecule has 2 aromatic carbocycles. The molecule has 2 aliphatic heterocycles. The molecule has 1 saturated heterocycles. The number of rotatable bonds is 4. The van der Waals surface area contributed by atoms with Gasteiger partial charge in [0, 0.05) is 35.2 Å². The third-order valence-corrected chi connectivity index (χ3v) is 6.31. The molecular weight excluding hydrogens is 390 g/mol. The van der Waals surface area contributed by atoms with Crippen LogP contribution < -0.4 is 9.64 Å². The monoisotopic (exact) mass is 417 g/mol. The van der Waals surface area contributed by atoms with E-state index in [9.17, 15) is 9.59 Å². The first-order chi connectivity index (χ1) is 15.1. The third kappa shape index (κ3) is 3.67. The summed E-state index contributed by atoms with van der Waals surface area (Å²) in [6, 6.07) is 15.5. The van der Waals surface area contributed by atoms with Crippen molar-refractivity contribution in [3.63, 3.8) is 0 Å². The summed E-state index contributed by atoms with van der Waals surface area (Å²) < 4.78 is 6.09. The molecule has 3 aromatic rings. The Labute approximate surface area is 181 Å². The van der Waals surface area contributed by atoms with E-state index in [1.807, 2.05) is 65.3 Å². The van der Waals surface area contributed by atoms with Gasteiger partial charge in [0.05, 0.1) is 18.8 Å². The van der Waals surface area contributed by atoms with Crippen molar-refractivity contribution in [3.8, 4) is 5.75 Å². The first-order valence-corrected chi connectivity index (χ1v) is 11.0. The van der Waals surface area contributed by atoms with E-state index < -0.39 is 6.10 Å². The van der Waals surface area contributed by atoms with Gasteiger partial charge in [-0.1, -0.05) is 30.3 Å². The second kappa shape index (κ2) is 8.10. The molecule has 1 aromatic heterocycles. The zero-order valence-corrected chi connectivity index (χ0v) is 17.8. The number of amides is 1.